The van der Waals surface area contributed by atoms with Crippen LogP contribution in [0.5, 0.6) is 0 Å². The third kappa shape index (κ3) is 5.69. The fraction of sp³-hybridized carbons (Fsp3) is 0.833. The van der Waals surface area contributed by atoms with Crippen molar-refractivity contribution in [3.63, 3.8) is 0 Å². The number of primary amides is 1. The molecule has 0 saturated heterocycles. The third-order valence-electron chi connectivity index (χ3n) is 1.21. The lowest BCUT2D eigenvalue weighted by Crippen LogP contribution is -2.06. The van der Waals surface area contributed by atoms with Gasteiger partial charge in [-0.2, -0.15) is 0 Å². The Morgan fingerprint density at radius 2 is 2.33 bits per heavy atom. The van der Waals surface area contributed by atoms with Crippen molar-refractivity contribution >= 4 is 17.0 Å². The van der Waals surface area contributed by atoms with Crippen LogP contribution in [0, 0.1) is 5.92 Å². The molecule has 0 fully saturated rings. The Hall–Kier alpha value is -0.180. The van der Waals surface area contributed by atoms with E-state index in [-0.39, 0.29) is 5.24 Å². The quantitative estimate of drug-likeness (QED) is 0.662. The molecule has 0 saturated carbocycles. The second-order valence-electron chi connectivity index (χ2n) is 2.14. The molecule has 0 unspecified atom stereocenters. The van der Waals surface area contributed by atoms with E-state index in [0.717, 1.165) is 12.2 Å². The van der Waals surface area contributed by atoms with Crippen LogP contribution in [0.4, 0.5) is 4.79 Å². The van der Waals surface area contributed by atoms with Gasteiger partial charge in [0.05, 0.1) is 0 Å². The van der Waals surface area contributed by atoms with Gasteiger partial charge in [-0.25, -0.2) is 0 Å². The number of hydrogen-bond donors (Lipinski definition) is 1. The number of hydrogen-bond acceptors (Lipinski definition) is 2. The number of rotatable bonds is 3. The maximum Gasteiger partial charge on any atom is 0.276 e. The van der Waals surface area contributed by atoms with Crippen molar-refractivity contribution in [2.24, 2.45) is 11.7 Å². The van der Waals surface area contributed by atoms with Crippen molar-refractivity contribution in [2.75, 3.05) is 5.75 Å². The van der Waals surface area contributed by atoms with Crippen molar-refractivity contribution in [3.05, 3.63) is 0 Å². The summed E-state index contributed by atoms with van der Waals surface area (Å²) in [5.41, 5.74) is 4.92. The molecule has 9 heavy (non-hydrogen) atoms. The van der Waals surface area contributed by atoms with E-state index in [1.165, 1.54) is 11.8 Å². The van der Waals surface area contributed by atoms with Crippen LogP contribution >= 0.6 is 11.8 Å². The Balaban J connectivity index is 3.16. The zero-order valence-corrected chi connectivity index (χ0v) is 6.70. The highest BCUT2D eigenvalue weighted by molar-refractivity contribution is 8.13. The lowest BCUT2D eigenvalue weighted by molar-refractivity contribution is 0.267. The second kappa shape index (κ2) is 4.68. The van der Waals surface area contributed by atoms with Gasteiger partial charge in [0, 0.05) is 5.75 Å². The van der Waals surface area contributed by atoms with E-state index in [2.05, 4.69) is 13.8 Å². The van der Waals surface area contributed by atoms with Crippen molar-refractivity contribution in [1.82, 2.24) is 0 Å². The van der Waals surface area contributed by atoms with Crippen molar-refractivity contribution in [2.45, 2.75) is 20.3 Å². The highest BCUT2D eigenvalue weighted by Crippen LogP contribution is 2.09. The largest absolute Gasteiger partial charge is 0.361 e. The van der Waals surface area contributed by atoms with Crippen LogP contribution in [0.15, 0.2) is 0 Å². The van der Waals surface area contributed by atoms with Crippen LogP contribution in [0.1, 0.15) is 20.3 Å². The fourth-order valence-electron chi connectivity index (χ4n) is 0.342. The van der Waals surface area contributed by atoms with Gasteiger partial charge < -0.3 is 5.73 Å². The molecule has 0 aliphatic carbocycles. The molecule has 0 aliphatic heterocycles. The van der Waals surface area contributed by atoms with E-state index in [1.54, 1.807) is 0 Å². The summed E-state index contributed by atoms with van der Waals surface area (Å²) in [5, 5.41) is -0.268. The van der Waals surface area contributed by atoms with Gasteiger partial charge >= 0.3 is 0 Å². The van der Waals surface area contributed by atoms with Gasteiger partial charge in [-0.15, -0.1) is 0 Å². The average molecular weight is 147 g/mol. The van der Waals surface area contributed by atoms with E-state index in [4.69, 9.17) is 5.73 Å². The first kappa shape index (κ1) is 8.82. The molecule has 54 valence electrons. The molecule has 0 aliphatic rings. The lowest BCUT2D eigenvalue weighted by atomic mass is 10.2. The molecule has 2 N–H and O–H groups in total. The van der Waals surface area contributed by atoms with Gasteiger partial charge in [0.25, 0.3) is 5.24 Å². The number of amides is 1. The molecule has 1 amide bonds. The summed E-state index contributed by atoms with van der Waals surface area (Å²) < 4.78 is 0. The molecule has 0 aromatic heterocycles. The second-order valence-corrected chi connectivity index (χ2v) is 3.17. The number of carbonyl (C=O) groups excluding carboxylic acids is 1. The summed E-state index contributed by atoms with van der Waals surface area (Å²) in [6.07, 6.45) is 1.11. The molecule has 3 heteroatoms. The maximum atomic E-state index is 10.2. The van der Waals surface area contributed by atoms with Crippen molar-refractivity contribution in [3.8, 4) is 0 Å². The maximum absolute atomic E-state index is 10.2. The molecule has 0 heterocycles. The Morgan fingerprint density at radius 3 is 2.67 bits per heavy atom. The van der Waals surface area contributed by atoms with E-state index >= 15 is 0 Å². The zero-order chi connectivity index (χ0) is 7.28. The van der Waals surface area contributed by atoms with Gasteiger partial charge in [-0.1, -0.05) is 32.0 Å². The zero-order valence-electron chi connectivity index (χ0n) is 5.89. The minimum absolute atomic E-state index is 0.268. The summed E-state index contributed by atoms with van der Waals surface area (Å²) in [7, 11) is 0. The van der Waals surface area contributed by atoms with Crippen LogP contribution in [0.2, 0.25) is 0 Å². The predicted molar refractivity (Wildman–Crippen MR) is 41.5 cm³/mol. The number of nitrogens with two attached hydrogens (primary N) is 1. The molecule has 0 bridgehead atoms. The normalized spacial score (nSPS) is 13.1. The molecule has 0 aromatic rings. The first-order chi connectivity index (χ1) is 4.16. The van der Waals surface area contributed by atoms with Gasteiger partial charge in [-0.05, 0) is 5.92 Å². The Bertz CT molecular complexity index is 95.1. The summed E-state index contributed by atoms with van der Waals surface area (Å²) >= 11 is 1.20. The van der Waals surface area contributed by atoms with Crippen LogP contribution in [-0.4, -0.2) is 11.0 Å². The number of carbonyl (C=O) groups is 1. The van der Waals surface area contributed by atoms with Crippen molar-refractivity contribution in [1.29, 1.82) is 0 Å². The molecular formula is C6H13NOS. The molecule has 0 rings (SSSR count). The van der Waals surface area contributed by atoms with Gasteiger partial charge in [0.15, 0.2) is 0 Å². The van der Waals surface area contributed by atoms with Crippen LogP contribution in [0.3, 0.4) is 0 Å². The first-order valence-electron chi connectivity index (χ1n) is 3.09. The monoisotopic (exact) mass is 147 g/mol. The van der Waals surface area contributed by atoms with Crippen molar-refractivity contribution < 1.29 is 4.79 Å². The molecule has 0 radical (unpaired) electrons. The van der Waals surface area contributed by atoms with Gasteiger partial charge in [-0.3, -0.25) is 4.79 Å². The molecule has 0 spiro atoms. The van der Waals surface area contributed by atoms with E-state index in [0.29, 0.717) is 5.92 Å². The molecule has 2 nitrogen and oxygen atoms in total. The Labute approximate surface area is 60.2 Å². The van der Waals surface area contributed by atoms with Gasteiger partial charge in [0.1, 0.15) is 0 Å². The Morgan fingerprint density at radius 1 is 1.78 bits per heavy atom. The molecular weight excluding hydrogens is 134 g/mol. The molecule has 1 atom stereocenters. The summed E-state index contributed by atoms with van der Waals surface area (Å²) in [6.45, 7) is 4.21. The fourth-order valence-corrected chi connectivity index (χ4v) is 1.03. The number of thioether (sulfide) groups is 1. The van der Waals surface area contributed by atoms with Gasteiger partial charge in [0.2, 0.25) is 0 Å². The van der Waals surface area contributed by atoms with E-state index in [9.17, 15) is 4.79 Å². The van der Waals surface area contributed by atoms with Crippen LogP contribution in [-0.2, 0) is 0 Å². The van der Waals surface area contributed by atoms with E-state index in [1.807, 2.05) is 0 Å². The smallest absolute Gasteiger partial charge is 0.276 e. The topological polar surface area (TPSA) is 43.1 Å². The van der Waals surface area contributed by atoms with Crippen LogP contribution in [0.25, 0.3) is 0 Å². The third-order valence-corrected chi connectivity index (χ3v) is 2.23. The Kier molecular flexibility index (Phi) is 4.58. The minimum atomic E-state index is -0.268. The summed E-state index contributed by atoms with van der Waals surface area (Å²) in [4.78, 5) is 10.2. The predicted octanol–water partition coefficient (Wildman–Crippen LogP) is 1.84. The highest BCUT2D eigenvalue weighted by Gasteiger charge is 2.00. The van der Waals surface area contributed by atoms with E-state index < -0.39 is 0 Å². The SMILES string of the molecule is CC[C@H](C)CSC(N)=O. The lowest BCUT2D eigenvalue weighted by Gasteiger charge is -2.03. The molecule has 0 aromatic carbocycles. The highest BCUT2D eigenvalue weighted by atomic mass is 32.2. The first-order valence-corrected chi connectivity index (χ1v) is 4.07. The summed E-state index contributed by atoms with van der Waals surface area (Å²) in [5.74, 6) is 1.45. The van der Waals surface area contributed by atoms with Crippen LogP contribution < -0.4 is 5.73 Å². The average Bonchev–Trinajstić information content (AvgIpc) is 1.83. The summed E-state index contributed by atoms with van der Waals surface area (Å²) in [6, 6.07) is 0. The minimum Gasteiger partial charge on any atom is -0.361 e. The standard InChI is InChI=1S/C6H13NOS/c1-3-5(2)4-9-6(7)8/h5H,3-4H2,1-2H3,(H2,7,8)/t5-/m0/s1.